The molecule has 108 valence electrons. The summed E-state index contributed by atoms with van der Waals surface area (Å²) >= 11 is 3.35. The fourth-order valence-electron chi connectivity index (χ4n) is 2.41. The molecule has 2 aromatic rings. The molecule has 2 heterocycles. The Morgan fingerprint density at radius 3 is 2.86 bits per heavy atom. The van der Waals surface area contributed by atoms with Crippen LogP contribution in [0.4, 0.5) is 11.4 Å². The standard InChI is InChI=1S/C15H14BrN3O2/c1-19-8-10(16)7-13(19)15(21)17-11-3-4-12-9(6-11)2-5-14(20)18-12/h3-4,6-8H,2,5H2,1H3,(H,17,21)(H,18,20). The van der Waals surface area contributed by atoms with Gasteiger partial charge in [-0.25, -0.2) is 0 Å². The molecular weight excluding hydrogens is 334 g/mol. The number of nitrogens with zero attached hydrogens (tertiary/aromatic N) is 1. The smallest absolute Gasteiger partial charge is 0.272 e. The highest BCUT2D eigenvalue weighted by atomic mass is 79.9. The van der Waals surface area contributed by atoms with E-state index in [-0.39, 0.29) is 11.8 Å². The normalized spacial score (nSPS) is 13.5. The van der Waals surface area contributed by atoms with Crippen LogP contribution in [0.2, 0.25) is 0 Å². The van der Waals surface area contributed by atoms with Gasteiger partial charge in [-0.3, -0.25) is 9.59 Å². The average Bonchev–Trinajstić information content (AvgIpc) is 2.78. The Labute approximate surface area is 130 Å². The highest BCUT2D eigenvalue weighted by Crippen LogP contribution is 2.26. The first-order valence-electron chi connectivity index (χ1n) is 6.59. The summed E-state index contributed by atoms with van der Waals surface area (Å²) in [6.07, 6.45) is 3.01. The van der Waals surface area contributed by atoms with Crippen molar-refractivity contribution in [2.24, 2.45) is 7.05 Å². The third-order valence-corrected chi connectivity index (χ3v) is 3.90. The topological polar surface area (TPSA) is 63.1 Å². The zero-order valence-electron chi connectivity index (χ0n) is 11.4. The van der Waals surface area contributed by atoms with Crippen LogP contribution in [-0.4, -0.2) is 16.4 Å². The van der Waals surface area contributed by atoms with Crippen LogP contribution in [0, 0.1) is 0 Å². The van der Waals surface area contributed by atoms with Gasteiger partial charge >= 0.3 is 0 Å². The maximum absolute atomic E-state index is 12.2. The summed E-state index contributed by atoms with van der Waals surface area (Å²) in [4.78, 5) is 23.6. The van der Waals surface area contributed by atoms with Gasteiger partial charge in [-0.2, -0.15) is 0 Å². The zero-order chi connectivity index (χ0) is 15.0. The van der Waals surface area contributed by atoms with Crippen LogP contribution in [0.15, 0.2) is 34.9 Å². The van der Waals surface area contributed by atoms with Crippen molar-refractivity contribution in [2.45, 2.75) is 12.8 Å². The van der Waals surface area contributed by atoms with Gasteiger partial charge in [0.2, 0.25) is 5.91 Å². The van der Waals surface area contributed by atoms with Crippen LogP contribution in [-0.2, 0) is 18.3 Å². The molecule has 2 amide bonds. The monoisotopic (exact) mass is 347 g/mol. The number of aromatic nitrogens is 1. The largest absolute Gasteiger partial charge is 0.345 e. The predicted molar refractivity (Wildman–Crippen MR) is 84.5 cm³/mol. The fourth-order valence-corrected chi connectivity index (χ4v) is 2.93. The number of halogens is 1. The van der Waals surface area contributed by atoms with Crippen LogP contribution in [0.3, 0.4) is 0 Å². The molecule has 0 fully saturated rings. The molecule has 21 heavy (non-hydrogen) atoms. The number of carbonyl (C=O) groups excluding carboxylic acids is 2. The molecular formula is C15H14BrN3O2. The maximum Gasteiger partial charge on any atom is 0.272 e. The molecule has 0 spiro atoms. The van der Waals surface area contributed by atoms with Gasteiger partial charge in [0.15, 0.2) is 0 Å². The summed E-state index contributed by atoms with van der Waals surface area (Å²) in [6, 6.07) is 7.29. The van der Waals surface area contributed by atoms with Crippen molar-refractivity contribution in [3.05, 3.63) is 46.2 Å². The minimum Gasteiger partial charge on any atom is -0.345 e. The molecule has 1 aromatic carbocycles. The lowest BCUT2D eigenvalue weighted by Gasteiger charge is -2.17. The minimum atomic E-state index is -0.164. The Bertz CT molecular complexity index is 737. The van der Waals surface area contributed by atoms with E-state index in [4.69, 9.17) is 0 Å². The number of carbonyl (C=O) groups is 2. The fraction of sp³-hybridized carbons (Fsp3) is 0.200. The van der Waals surface area contributed by atoms with Crippen LogP contribution >= 0.6 is 15.9 Å². The number of benzene rings is 1. The summed E-state index contributed by atoms with van der Waals surface area (Å²) in [7, 11) is 1.82. The van der Waals surface area contributed by atoms with E-state index < -0.39 is 0 Å². The van der Waals surface area contributed by atoms with E-state index in [9.17, 15) is 9.59 Å². The number of amides is 2. The molecule has 0 saturated carbocycles. The van der Waals surface area contributed by atoms with Crippen molar-refractivity contribution in [1.82, 2.24) is 4.57 Å². The van der Waals surface area contributed by atoms with Gasteiger partial charge in [-0.05, 0) is 52.2 Å². The molecule has 0 bridgehead atoms. The molecule has 5 nitrogen and oxygen atoms in total. The minimum absolute atomic E-state index is 0.0351. The van der Waals surface area contributed by atoms with Gasteiger partial charge in [-0.1, -0.05) is 0 Å². The number of hydrogen-bond donors (Lipinski definition) is 2. The average molecular weight is 348 g/mol. The molecule has 3 rings (SSSR count). The van der Waals surface area contributed by atoms with E-state index in [0.29, 0.717) is 18.5 Å². The molecule has 0 atom stereocenters. The SMILES string of the molecule is Cn1cc(Br)cc1C(=O)Nc1ccc2c(c1)CCC(=O)N2. The van der Waals surface area contributed by atoms with Gasteiger partial charge < -0.3 is 15.2 Å². The first-order chi connectivity index (χ1) is 10.0. The summed E-state index contributed by atoms with van der Waals surface area (Å²) in [5.74, 6) is -0.129. The van der Waals surface area contributed by atoms with Crippen molar-refractivity contribution >= 4 is 39.1 Å². The summed E-state index contributed by atoms with van der Waals surface area (Å²) in [5.41, 5.74) is 3.17. The first-order valence-corrected chi connectivity index (χ1v) is 7.38. The Morgan fingerprint density at radius 2 is 2.14 bits per heavy atom. The summed E-state index contributed by atoms with van der Waals surface area (Å²) in [6.45, 7) is 0. The van der Waals surface area contributed by atoms with Crippen LogP contribution in [0.25, 0.3) is 0 Å². The molecule has 0 saturated heterocycles. The van der Waals surface area contributed by atoms with E-state index in [0.717, 1.165) is 21.4 Å². The van der Waals surface area contributed by atoms with Gasteiger partial charge in [-0.15, -0.1) is 0 Å². The van der Waals surface area contributed by atoms with Crippen molar-refractivity contribution in [1.29, 1.82) is 0 Å². The third kappa shape index (κ3) is 2.85. The summed E-state index contributed by atoms with van der Waals surface area (Å²) < 4.78 is 2.63. The lowest BCUT2D eigenvalue weighted by atomic mass is 10.0. The first kappa shape index (κ1) is 13.9. The Balaban J connectivity index is 1.81. The van der Waals surface area contributed by atoms with Crippen molar-refractivity contribution in [3.63, 3.8) is 0 Å². The van der Waals surface area contributed by atoms with Crippen LogP contribution < -0.4 is 10.6 Å². The Hall–Kier alpha value is -2.08. The van der Waals surface area contributed by atoms with Gasteiger partial charge in [0.05, 0.1) is 0 Å². The van der Waals surface area contributed by atoms with Crippen LogP contribution in [0.1, 0.15) is 22.5 Å². The lowest BCUT2D eigenvalue weighted by Crippen LogP contribution is -2.20. The quantitative estimate of drug-likeness (QED) is 0.877. The zero-order valence-corrected chi connectivity index (χ0v) is 13.0. The molecule has 0 radical (unpaired) electrons. The van der Waals surface area contributed by atoms with E-state index in [1.54, 1.807) is 16.7 Å². The van der Waals surface area contributed by atoms with Gasteiger partial charge in [0.25, 0.3) is 5.91 Å². The second kappa shape index (κ2) is 5.37. The highest BCUT2D eigenvalue weighted by molar-refractivity contribution is 9.10. The van der Waals surface area contributed by atoms with E-state index >= 15 is 0 Å². The molecule has 1 aliphatic rings. The number of nitrogens with one attached hydrogen (secondary N) is 2. The predicted octanol–water partition coefficient (Wildman–Crippen LogP) is 2.92. The van der Waals surface area contributed by atoms with Crippen molar-refractivity contribution in [2.75, 3.05) is 10.6 Å². The number of hydrogen-bond acceptors (Lipinski definition) is 2. The molecule has 0 unspecified atom stereocenters. The summed E-state index contributed by atoms with van der Waals surface area (Å²) in [5, 5.41) is 5.70. The number of aryl methyl sites for hydroxylation is 2. The van der Waals surface area contributed by atoms with Crippen LogP contribution in [0.5, 0.6) is 0 Å². The molecule has 6 heteroatoms. The van der Waals surface area contributed by atoms with Gasteiger partial charge in [0.1, 0.15) is 5.69 Å². The molecule has 1 aromatic heterocycles. The van der Waals surface area contributed by atoms with E-state index in [2.05, 4.69) is 26.6 Å². The second-order valence-electron chi connectivity index (χ2n) is 5.03. The second-order valence-corrected chi connectivity index (χ2v) is 5.94. The lowest BCUT2D eigenvalue weighted by molar-refractivity contribution is -0.116. The number of fused-ring (bicyclic) bond motifs is 1. The maximum atomic E-state index is 12.2. The van der Waals surface area contributed by atoms with Crippen molar-refractivity contribution < 1.29 is 9.59 Å². The number of rotatable bonds is 2. The Morgan fingerprint density at radius 1 is 1.33 bits per heavy atom. The third-order valence-electron chi connectivity index (χ3n) is 3.46. The number of anilines is 2. The van der Waals surface area contributed by atoms with Crippen molar-refractivity contribution in [3.8, 4) is 0 Å². The van der Waals surface area contributed by atoms with Gasteiger partial charge in [0, 0.05) is 35.5 Å². The molecule has 0 aliphatic carbocycles. The Kier molecular flexibility index (Phi) is 3.55. The molecule has 2 N–H and O–H groups in total. The molecule has 1 aliphatic heterocycles. The highest BCUT2D eigenvalue weighted by Gasteiger charge is 2.16. The van der Waals surface area contributed by atoms with E-state index in [1.165, 1.54) is 0 Å². The van der Waals surface area contributed by atoms with E-state index in [1.807, 2.05) is 25.4 Å².